The zero-order valence-electron chi connectivity index (χ0n) is 12.9. The predicted octanol–water partition coefficient (Wildman–Crippen LogP) is 2.66. The first-order chi connectivity index (χ1) is 9.31. The minimum Gasteiger partial charge on any atom is -0.377 e. The molecule has 2 aliphatic heterocycles. The molecule has 0 radical (unpaired) electrons. The third-order valence-electron chi connectivity index (χ3n) is 4.68. The van der Waals surface area contributed by atoms with E-state index in [2.05, 4.69) is 24.1 Å². The molecule has 0 saturated carbocycles. The molecule has 0 aromatic heterocycles. The summed E-state index contributed by atoms with van der Waals surface area (Å²) in [7, 11) is 0. The first kappa shape index (κ1) is 15.3. The molecular weight excluding hydrogens is 236 g/mol. The van der Waals surface area contributed by atoms with Crippen LogP contribution in [0.4, 0.5) is 0 Å². The van der Waals surface area contributed by atoms with Gasteiger partial charge in [-0.25, -0.2) is 0 Å². The average Bonchev–Trinajstić information content (AvgIpc) is 2.46. The Morgan fingerprint density at radius 3 is 2.95 bits per heavy atom. The van der Waals surface area contributed by atoms with Crippen LogP contribution in [-0.2, 0) is 4.74 Å². The van der Waals surface area contributed by atoms with Crippen molar-refractivity contribution in [3.8, 4) is 0 Å². The molecule has 0 aromatic carbocycles. The lowest BCUT2D eigenvalue weighted by atomic mass is 9.90. The van der Waals surface area contributed by atoms with Crippen LogP contribution in [0.2, 0.25) is 0 Å². The first-order valence-corrected chi connectivity index (χ1v) is 8.39. The number of nitrogens with one attached hydrogen (secondary N) is 1. The maximum absolute atomic E-state index is 5.93. The van der Waals surface area contributed by atoms with E-state index in [0.717, 1.165) is 25.5 Å². The normalized spacial score (nSPS) is 33.5. The van der Waals surface area contributed by atoms with Gasteiger partial charge in [-0.1, -0.05) is 20.3 Å². The number of hydrogen-bond donors (Lipinski definition) is 1. The van der Waals surface area contributed by atoms with Gasteiger partial charge in [0.05, 0.1) is 6.10 Å². The maximum atomic E-state index is 5.93. The number of nitrogens with zero attached hydrogens (tertiary/aromatic N) is 1. The molecule has 2 aliphatic rings. The third-order valence-corrected chi connectivity index (χ3v) is 4.68. The number of likely N-dealkylation sites (tertiary alicyclic amines) is 1. The van der Waals surface area contributed by atoms with Gasteiger partial charge in [-0.2, -0.15) is 0 Å². The number of piperidine rings is 2. The summed E-state index contributed by atoms with van der Waals surface area (Å²) >= 11 is 0. The average molecular weight is 268 g/mol. The van der Waals surface area contributed by atoms with E-state index >= 15 is 0 Å². The molecule has 3 heteroatoms. The van der Waals surface area contributed by atoms with Gasteiger partial charge in [0.15, 0.2) is 0 Å². The fourth-order valence-electron chi connectivity index (χ4n) is 3.52. The van der Waals surface area contributed by atoms with E-state index in [1.54, 1.807) is 0 Å². The first-order valence-electron chi connectivity index (χ1n) is 8.39. The van der Waals surface area contributed by atoms with Crippen LogP contribution in [0, 0.1) is 5.92 Å². The molecule has 0 aromatic rings. The van der Waals surface area contributed by atoms with Gasteiger partial charge in [-0.15, -0.1) is 0 Å². The summed E-state index contributed by atoms with van der Waals surface area (Å²) in [5, 5.41) is 3.71. The van der Waals surface area contributed by atoms with Crippen LogP contribution in [0.1, 0.15) is 52.4 Å². The minimum absolute atomic E-state index is 0.485. The van der Waals surface area contributed by atoms with Crippen molar-refractivity contribution in [1.29, 1.82) is 0 Å². The Morgan fingerprint density at radius 1 is 1.26 bits per heavy atom. The monoisotopic (exact) mass is 268 g/mol. The van der Waals surface area contributed by atoms with E-state index in [1.807, 2.05) is 0 Å². The SMILES string of the molecule is CCCOC1CCCN(CC2CC(CC)CCN2)C1. The van der Waals surface area contributed by atoms with Crippen molar-refractivity contribution >= 4 is 0 Å². The summed E-state index contributed by atoms with van der Waals surface area (Å²) < 4.78 is 5.93. The Hall–Kier alpha value is -0.120. The van der Waals surface area contributed by atoms with Gasteiger partial charge in [0.1, 0.15) is 0 Å². The fourth-order valence-corrected chi connectivity index (χ4v) is 3.52. The zero-order chi connectivity index (χ0) is 13.5. The van der Waals surface area contributed by atoms with Crippen molar-refractivity contribution in [3.05, 3.63) is 0 Å². The Balaban J connectivity index is 1.72. The number of hydrogen-bond acceptors (Lipinski definition) is 3. The molecule has 0 amide bonds. The summed E-state index contributed by atoms with van der Waals surface area (Å²) in [4.78, 5) is 2.62. The summed E-state index contributed by atoms with van der Waals surface area (Å²) in [5.74, 6) is 0.947. The van der Waals surface area contributed by atoms with E-state index in [1.165, 1.54) is 51.7 Å². The smallest absolute Gasteiger partial charge is 0.0702 e. The van der Waals surface area contributed by atoms with E-state index in [9.17, 15) is 0 Å². The molecule has 2 saturated heterocycles. The second-order valence-corrected chi connectivity index (χ2v) is 6.34. The highest BCUT2D eigenvalue weighted by Crippen LogP contribution is 2.21. The van der Waals surface area contributed by atoms with Gasteiger partial charge in [0.25, 0.3) is 0 Å². The van der Waals surface area contributed by atoms with Crippen molar-refractivity contribution in [3.63, 3.8) is 0 Å². The van der Waals surface area contributed by atoms with Crippen LogP contribution in [0.5, 0.6) is 0 Å². The van der Waals surface area contributed by atoms with E-state index in [0.29, 0.717) is 12.1 Å². The molecule has 2 heterocycles. The van der Waals surface area contributed by atoms with Crippen molar-refractivity contribution in [1.82, 2.24) is 10.2 Å². The standard InChI is InChI=1S/C16H32N2O/c1-3-10-19-16-6-5-9-18(13-16)12-15-11-14(4-2)7-8-17-15/h14-17H,3-13H2,1-2H3. The highest BCUT2D eigenvalue weighted by atomic mass is 16.5. The van der Waals surface area contributed by atoms with Crippen molar-refractivity contribution in [2.24, 2.45) is 5.92 Å². The quantitative estimate of drug-likeness (QED) is 0.801. The van der Waals surface area contributed by atoms with Crippen molar-refractivity contribution < 1.29 is 4.74 Å². The van der Waals surface area contributed by atoms with Crippen LogP contribution in [0.25, 0.3) is 0 Å². The Kier molecular flexibility index (Phi) is 6.62. The van der Waals surface area contributed by atoms with Gasteiger partial charge < -0.3 is 10.1 Å². The second-order valence-electron chi connectivity index (χ2n) is 6.34. The van der Waals surface area contributed by atoms with Gasteiger partial charge >= 0.3 is 0 Å². The number of ether oxygens (including phenoxy) is 1. The lowest BCUT2D eigenvalue weighted by Gasteiger charge is -2.37. The molecule has 112 valence electrons. The molecule has 0 aliphatic carbocycles. The Morgan fingerprint density at radius 2 is 2.16 bits per heavy atom. The lowest BCUT2D eigenvalue weighted by molar-refractivity contribution is -0.00358. The molecule has 2 fully saturated rings. The molecular formula is C16H32N2O. The molecule has 3 atom stereocenters. The number of rotatable bonds is 6. The maximum Gasteiger partial charge on any atom is 0.0702 e. The molecule has 0 spiro atoms. The van der Waals surface area contributed by atoms with E-state index < -0.39 is 0 Å². The lowest BCUT2D eigenvalue weighted by Crippen LogP contribution is -2.49. The third kappa shape index (κ3) is 5.05. The van der Waals surface area contributed by atoms with Crippen molar-refractivity contribution in [2.45, 2.75) is 64.5 Å². The molecule has 19 heavy (non-hydrogen) atoms. The highest BCUT2D eigenvalue weighted by molar-refractivity contribution is 4.83. The van der Waals surface area contributed by atoms with Gasteiger partial charge in [-0.3, -0.25) is 4.90 Å². The van der Waals surface area contributed by atoms with Crippen LogP contribution in [0.3, 0.4) is 0 Å². The second kappa shape index (κ2) is 8.23. The van der Waals surface area contributed by atoms with E-state index in [4.69, 9.17) is 4.74 Å². The van der Waals surface area contributed by atoms with E-state index in [-0.39, 0.29) is 0 Å². The summed E-state index contributed by atoms with van der Waals surface area (Å²) in [6.07, 6.45) is 8.27. The van der Waals surface area contributed by atoms with Crippen molar-refractivity contribution in [2.75, 3.05) is 32.8 Å². The Bertz CT molecular complexity index is 247. The summed E-state index contributed by atoms with van der Waals surface area (Å²) in [6, 6.07) is 0.712. The van der Waals surface area contributed by atoms with Crippen LogP contribution >= 0.6 is 0 Å². The minimum atomic E-state index is 0.485. The molecule has 3 unspecified atom stereocenters. The molecule has 3 nitrogen and oxygen atoms in total. The van der Waals surface area contributed by atoms with Gasteiger partial charge in [0, 0.05) is 25.7 Å². The summed E-state index contributed by atoms with van der Waals surface area (Å²) in [5.41, 5.74) is 0. The molecule has 0 bridgehead atoms. The topological polar surface area (TPSA) is 24.5 Å². The molecule has 1 N–H and O–H groups in total. The Labute approximate surface area is 119 Å². The zero-order valence-corrected chi connectivity index (χ0v) is 12.9. The van der Waals surface area contributed by atoms with Crippen LogP contribution in [-0.4, -0.2) is 49.8 Å². The highest BCUT2D eigenvalue weighted by Gasteiger charge is 2.25. The van der Waals surface area contributed by atoms with Crippen LogP contribution in [0.15, 0.2) is 0 Å². The summed E-state index contributed by atoms with van der Waals surface area (Å²) in [6.45, 7) is 10.3. The van der Waals surface area contributed by atoms with Crippen LogP contribution < -0.4 is 5.32 Å². The molecule has 2 rings (SSSR count). The predicted molar refractivity (Wildman–Crippen MR) is 80.5 cm³/mol. The fraction of sp³-hybridized carbons (Fsp3) is 1.00. The largest absolute Gasteiger partial charge is 0.377 e. The van der Waals surface area contributed by atoms with Gasteiger partial charge in [-0.05, 0) is 51.1 Å². The van der Waals surface area contributed by atoms with Gasteiger partial charge in [0.2, 0.25) is 0 Å².